The number of rotatable bonds is 9. The smallest absolute Gasteiger partial charge is 0.234 e. The van der Waals surface area contributed by atoms with Crippen molar-refractivity contribution in [1.29, 1.82) is 0 Å². The second kappa shape index (κ2) is 7.66. The molecule has 0 aliphatic heterocycles. The molecule has 1 unspecified atom stereocenters. The van der Waals surface area contributed by atoms with Gasteiger partial charge in [-0.25, -0.2) is 0 Å². The molecule has 94 valence electrons. The lowest BCUT2D eigenvalue weighted by atomic mass is 10.1. The molecule has 1 aliphatic rings. The highest BCUT2D eigenvalue weighted by Gasteiger charge is 2.20. The van der Waals surface area contributed by atoms with E-state index < -0.39 is 0 Å². The third kappa shape index (κ3) is 6.83. The van der Waals surface area contributed by atoms with Crippen molar-refractivity contribution < 1.29 is 4.79 Å². The number of unbranched alkanes of at least 4 members (excludes halogenated alkanes) is 2. The van der Waals surface area contributed by atoms with Crippen LogP contribution in [-0.2, 0) is 4.79 Å². The molecule has 1 atom stereocenters. The maximum atomic E-state index is 11.5. The molecule has 0 radical (unpaired) electrons. The summed E-state index contributed by atoms with van der Waals surface area (Å²) in [6, 6.07) is 0.321. The Balaban J connectivity index is 1.93. The summed E-state index contributed by atoms with van der Waals surface area (Å²) in [5, 5.41) is 6.24. The molecule has 2 N–H and O–H groups in total. The zero-order chi connectivity index (χ0) is 11.8. The summed E-state index contributed by atoms with van der Waals surface area (Å²) in [5.74, 6) is 0.986. The second-order valence-electron chi connectivity index (χ2n) is 5.04. The van der Waals surface area contributed by atoms with Crippen LogP contribution < -0.4 is 10.6 Å². The van der Waals surface area contributed by atoms with E-state index in [2.05, 4.69) is 24.5 Å². The number of carbonyl (C=O) groups excluding carboxylic acids is 1. The molecular formula is C13H26N2O. The Morgan fingerprint density at radius 2 is 2.12 bits per heavy atom. The molecule has 0 spiro atoms. The molecule has 0 aromatic heterocycles. The first-order valence-electron chi connectivity index (χ1n) is 6.72. The average Bonchev–Trinajstić information content (AvgIpc) is 3.02. The Morgan fingerprint density at radius 1 is 1.38 bits per heavy atom. The van der Waals surface area contributed by atoms with E-state index in [-0.39, 0.29) is 5.91 Å². The van der Waals surface area contributed by atoms with Crippen LogP contribution in [0, 0.1) is 5.92 Å². The summed E-state index contributed by atoms with van der Waals surface area (Å²) in [6.07, 6.45) is 7.49. The van der Waals surface area contributed by atoms with Gasteiger partial charge in [0.2, 0.25) is 5.91 Å². The fourth-order valence-electron chi connectivity index (χ4n) is 1.81. The van der Waals surface area contributed by atoms with E-state index in [9.17, 15) is 4.79 Å². The molecule has 1 fully saturated rings. The van der Waals surface area contributed by atoms with Crippen molar-refractivity contribution in [2.24, 2.45) is 5.92 Å². The Hall–Kier alpha value is -0.570. The predicted molar refractivity (Wildman–Crippen MR) is 67.3 cm³/mol. The number of hydrogen-bond donors (Lipinski definition) is 2. The van der Waals surface area contributed by atoms with Gasteiger partial charge >= 0.3 is 0 Å². The van der Waals surface area contributed by atoms with Crippen LogP contribution in [0.1, 0.15) is 52.4 Å². The lowest BCUT2D eigenvalue weighted by molar-refractivity contribution is -0.120. The third-order valence-corrected chi connectivity index (χ3v) is 3.06. The van der Waals surface area contributed by atoms with E-state index >= 15 is 0 Å². The standard InChI is InChI=1S/C13H26N2O/c1-3-4-5-6-11(2)15-13(16)10-14-9-12-7-8-12/h11-12,14H,3-10H2,1-2H3,(H,15,16). The van der Waals surface area contributed by atoms with E-state index in [1.165, 1.54) is 32.1 Å². The normalized spacial score (nSPS) is 17.1. The minimum atomic E-state index is 0.143. The Labute approximate surface area is 99.4 Å². The Bertz CT molecular complexity index is 202. The van der Waals surface area contributed by atoms with Crippen molar-refractivity contribution in [3.8, 4) is 0 Å². The van der Waals surface area contributed by atoms with Gasteiger partial charge < -0.3 is 10.6 Å². The summed E-state index contributed by atoms with van der Waals surface area (Å²) in [4.78, 5) is 11.5. The lowest BCUT2D eigenvalue weighted by Gasteiger charge is -2.13. The average molecular weight is 226 g/mol. The van der Waals surface area contributed by atoms with Crippen molar-refractivity contribution in [3.63, 3.8) is 0 Å². The van der Waals surface area contributed by atoms with Crippen molar-refractivity contribution in [2.45, 2.75) is 58.4 Å². The molecule has 0 aromatic rings. The van der Waals surface area contributed by atoms with Crippen LogP contribution >= 0.6 is 0 Å². The minimum Gasteiger partial charge on any atom is -0.353 e. The van der Waals surface area contributed by atoms with Gasteiger partial charge in [-0.2, -0.15) is 0 Å². The van der Waals surface area contributed by atoms with Crippen LogP contribution in [0.3, 0.4) is 0 Å². The van der Waals surface area contributed by atoms with Crippen LogP contribution in [0.4, 0.5) is 0 Å². The quantitative estimate of drug-likeness (QED) is 0.591. The minimum absolute atomic E-state index is 0.143. The largest absolute Gasteiger partial charge is 0.353 e. The molecule has 3 heteroatoms. The van der Waals surface area contributed by atoms with Gasteiger partial charge in [-0.1, -0.05) is 26.2 Å². The summed E-state index contributed by atoms with van der Waals surface area (Å²) in [5.41, 5.74) is 0. The molecule has 0 aromatic carbocycles. The number of carbonyl (C=O) groups is 1. The fourth-order valence-corrected chi connectivity index (χ4v) is 1.81. The Morgan fingerprint density at radius 3 is 2.75 bits per heavy atom. The van der Waals surface area contributed by atoms with E-state index in [4.69, 9.17) is 0 Å². The van der Waals surface area contributed by atoms with Gasteiger partial charge in [0.05, 0.1) is 6.54 Å². The van der Waals surface area contributed by atoms with Gasteiger partial charge in [0.25, 0.3) is 0 Å². The highest BCUT2D eigenvalue weighted by atomic mass is 16.1. The summed E-state index contributed by atoms with van der Waals surface area (Å²) in [7, 11) is 0. The van der Waals surface area contributed by atoms with Gasteiger partial charge in [-0.3, -0.25) is 4.79 Å². The molecule has 0 saturated heterocycles. The van der Waals surface area contributed by atoms with Gasteiger partial charge in [-0.05, 0) is 38.6 Å². The first-order chi connectivity index (χ1) is 7.72. The maximum absolute atomic E-state index is 11.5. The monoisotopic (exact) mass is 226 g/mol. The first-order valence-corrected chi connectivity index (χ1v) is 6.72. The summed E-state index contributed by atoms with van der Waals surface area (Å²) in [6.45, 7) is 5.78. The molecule has 16 heavy (non-hydrogen) atoms. The molecule has 3 nitrogen and oxygen atoms in total. The first kappa shape index (κ1) is 13.5. The molecule has 1 aliphatic carbocycles. The molecule has 1 saturated carbocycles. The molecule has 1 amide bonds. The predicted octanol–water partition coefficient (Wildman–Crippen LogP) is 2.07. The lowest BCUT2D eigenvalue weighted by Crippen LogP contribution is -2.39. The maximum Gasteiger partial charge on any atom is 0.234 e. The van der Waals surface area contributed by atoms with E-state index in [1.807, 2.05) is 0 Å². The zero-order valence-electron chi connectivity index (χ0n) is 10.7. The van der Waals surface area contributed by atoms with Crippen LogP contribution in [0.25, 0.3) is 0 Å². The van der Waals surface area contributed by atoms with Crippen LogP contribution in [0.5, 0.6) is 0 Å². The highest BCUT2D eigenvalue weighted by Crippen LogP contribution is 2.27. The van der Waals surface area contributed by atoms with Gasteiger partial charge in [0.1, 0.15) is 0 Å². The van der Waals surface area contributed by atoms with E-state index in [1.54, 1.807) is 0 Å². The van der Waals surface area contributed by atoms with Crippen LogP contribution in [-0.4, -0.2) is 25.0 Å². The van der Waals surface area contributed by atoms with Gasteiger partial charge in [0, 0.05) is 6.04 Å². The highest BCUT2D eigenvalue weighted by molar-refractivity contribution is 5.78. The number of hydrogen-bond acceptors (Lipinski definition) is 2. The summed E-state index contributed by atoms with van der Waals surface area (Å²) >= 11 is 0. The second-order valence-corrected chi connectivity index (χ2v) is 5.04. The molecular weight excluding hydrogens is 200 g/mol. The van der Waals surface area contributed by atoms with Crippen molar-refractivity contribution in [2.75, 3.05) is 13.1 Å². The SMILES string of the molecule is CCCCCC(C)NC(=O)CNCC1CC1. The molecule has 1 rings (SSSR count). The number of nitrogens with one attached hydrogen (secondary N) is 2. The van der Waals surface area contributed by atoms with Gasteiger partial charge in [-0.15, -0.1) is 0 Å². The molecule has 0 heterocycles. The van der Waals surface area contributed by atoms with Crippen molar-refractivity contribution in [1.82, 2.24) is 10.6 Å². The number of amides is 1. The summed E-state index contributed by atoms with van der Waals surface area (Å²) < 4.78 is 0. The van der Waals surface area contributed by atoms with E-state index in [0.29, 0.717) is 12.6 Å². The van der Waals surface area contributed by atoms with Crippen molar-refractivity contribution in [3.05, 3.63) is 0 Å². The van der Waals surface area contributed by atoms with Crippen LogP contribution in [0.2, 0.25) is 0 Å². The molecule has 0 bridgehead atoms. The van der Waals surface area contributed by atoms with Gasteiger partial charge in [0.15, 0.2) is 0 Å². The third-order valence-electron chi connectivity index (χ3n) is 3.06. The topological polar surface area (TPSA) is 41.1 Å². The Kier molecular flexibility index (Phi) is 6.46. The van der Waals surface area contributed by atoms with Crippen molar-refractivity contribution >= 4 is 5.91 Å². The zero-order valence-corrected chi connectivity index (χ0v) is 10.7. The fraction of sp³-hybridized carbons (Fsp3) is 0.923. The van der Waals surface area contributed by atoms with E-state index in [0.717, 1.165) is 18.9 Å². The van der Waals surface area contributed by atoms with Crippen LogP contribution in [0.15, 0.2) is 0 Å².